The summed E-state index contributed by atoms with van der Waals surface area (Å²) in [7, 11) is -0.987. The van der Waals surface area contributed by atoms with Gasteiger partial charge >= 0.3 is 0 Å². The Morgan fingerprint density at radius 3 is 2.75 bits per heavy atom. The van der Waals surface area contributed by atoms with Crippen LogP contribution >= 0.6 is 0 Å². The molecule has 1 N–H and O–H groups in total. The molecule has 0 fully saturated rings. The van der Waals surface area contributed by atoms with Gasteiger partial charge in [0.05, 0.1) is 11.4 Å². The van der Waals surface area contributed by atoms with E-state index in [-0.39, 0.29) is 5.75 Å². The number of aryl methyl sites for hydroxylation is 1. The van der Waals surface area contributed by atoms with Gasteiger partial charge in [-0.15, -0.1) is 0 Å². The van der Waals surface area contributed by atoms with Crippen LogP contribution in [-0.2, 0) is 22.9 Å². The predicted molar refractivity (Wildman–Crippen MR) is 64.1 cm³/mol. The molecule has 0 bridgehead atoms. The maximum absolute atomic E-state index is 11.0. The number of nitrogens with zero attached hydrogens (tertiary/aromatic N) is 2. The molecule has 92 valence electrons. The first-order valence-electron chi connectivity index (χ1n) is 5.27. The van der Waals surface area contributed by atoms with E-state index in [2.05, 4.69) is 14.9 Å². The Balaban J connectivity index is 2.62. The lowest BCUT2D eigenvalue weighted by atomic mass is 10.4. The van der Waals surface area contributed by atoms with Crippen molar-refractivity contribution in [1.82, 2.24) is 14.9 Å². The number of hydrogen-bond acceptors (Lipinski definition) is 4. The molecule has 0 spiro atoms. The Hall–Kier alpha value is -0.880. The van der Waals surface area contributed by atoms with Crippen LogP contribution in [0.25, 0.3) is 0 Å². The Morgan fingerprint density at radius 2 is 2.19 bits per heavy atom. The summed E-state index contributed by atoms with van der Waals surface area (Å²) in [5.41, 5.74) is 1.09. The highest BCUT2D eigenvalue weighted by atomic mass is 32.2. The number of aromatic nitrogens is 2. The van der Waals surface area contributed by atoms with Crippen molar-refractivity contribution in [3.63, 3.8) is 0 Å². The van der Waals surface area contributed by atoms with E-state index in [1.165, 1.54) is 6.26 Å². The van der Waals surface area contributed by atoms with Gasteiger partial charge in [0.15, 0.2) is 0 Å². The Bertz CT molecular complexity index is 437. The average molecular weight is 245 g/mol. The molecule has 0 aliphatic heterocycles. The first kappa shape index (κ1) is 13.2. The van der Waals surface area contributed by atoms with Crippen molar-refractivity contribution in [1.29, 1.82) is 0 Å². The molecule has 0 aliphatic carbocycles. The zero-order valence-electron chi connectivity index (χ0n) is 10.0. The molecule has 16 heavy (non-hydrogen) atoms. The maximum Gasteiger partial charge on any atom is 0.147 e. The second kappa shape index (κ2) is 5.45. The van der Waals surface area contributed by atoms with Crippen LogP contribution in [-0.4, -0.2) is 37.0 Å². The fourth-order valence-electron chi connectivity index (χ4n) is 1.63. The summed E-state index contributed by atoms with van der Waals surface area (Å²) in [5, 5.41) is 3.07. The van der Waals surface area contributed by atoms with Gasteiger partial charge in [-0.25, -0.2) is 13.4 Å². The van der Waals surface area contributed by atoms with E-state index in [9.17, 15) is 8.42 Å². The van der Waals surface area contributed by atoms with Crippen LogP contribution in [0, 0.1) is 6.92 Å². The Morgan fingerprint density at radius 1 is 1.50 bits per heavy atom. The van der Waals surface area contributed by atoms with E-state index in [1.54, 1.807) is 0 Å². The number of imidazole rings is 1. The maximum atomic E-state index is 11.0. The molecule has 1 aromatic heterocycles. The van der Waals surface area contributed by atoms with Crippen LogP contribution in [0.4, 0.5) is 0 Å². The third-order valence-electron chi connectivity index (χ3n) is 2.39. The van der Waals surface area contributed by atoms with E-state index >= 15 is 0 Å². The van der Waals surface area contributed by atoms with Gasteiger partial charge in [-0.2, -0.15) is 0 Å². The van der Waals surface area contributed by atoms with Crippen LogP contribution in [0.1, 0.15) is 17.9 Å². The third-order valence-corrected chi connectivity index (χ3v) is 3.42. The van der Waals surface area contributed by atoms with Gasteiger partial charge in [0, 0.05) is 25.5 Å². The van der Waals surface area contributed by atoms with E-state index in [0.29, 0.717) is 13.0 Å². The van der Waals surface area contributed by atoms with Crippen molar-refractivity contribution in [3.05, 3.63) is 17.7 Å². The number of rotatable bonds is 6. The highest BCUT2D eigenvalue weighted by molar-refractivity contribution is 7.90. The summed E-state index contributed by atoms with van der Waals surface area (Å²) < 4.78 is 24.1. The van der Waals surface area contributed by atoms with Gasteiger partial charge in [0.1, 0.15) is 15.7 Å². The van der Waals surface area contributed by atoms with Crippen molar-refractivity contribution in [3.8, 4) is 0 Å². The summed E-state index contributed by atoms with van der Waals surface area (Å²) in [4.78, 5) is 4.22. The van der Waals surface area contributed by atoms with Crippen LogP contribution in [0.5, 0.6) is 0 Å². The van der Waals surface area contributed by atoms with Gasteiger partial charge in [0.2, 0.25) is 0 Å². The molecule has 0 atom stereocenters. The van der Waals surface area contributed by atoms with Gasteiger partial charge in [0.25, 0.3) is 0 Å². The quantitative estimate of drug-likeness (QED) is 0.785. The van der Waals surface area contributed by atoms with Crippen molar-refractivity contribution in [2.45, 2.75) is 26.4 Å². The second-order valence-corrected chi connectivity index (χ2v) is 6.22. The lowest BCUT2D eigenvalue weighted by molar-refractivity contribution is 0.581. The monoisotopic (exact) mass is 245 g/mol. The topological polar surface area (TPSA) is 64.0 Å². The van der Waals surface area contributed by atoms with Gasteiger partial charge in [-0.1, -0.05) is 0 Å². The lowest BCUT2D eigenvalue weighted by Crippen LogP contribution is -2.14. The summed E-state index contributed by atoms with van der Waals surface area (Å²) in [6.45, 7) is 3.38. The Labute approximate surface area is 96.8 Å². The Kier molecular flexibility index (Phi) is 4.49. The summed E-state index contributed by atoms with van der Waals surface area (Å²) in [6.07, 6.45) is 3.72. The first-order valence-corrected chi connectivity index (χ1v) is 7.33. The zero-order valence-corrected chi connectivity index (χ0v) is 10.8. The third kappa shape index (κ3) is 3.94. The highest BCUT2D eigenvalue weighted by Crippen LogP contribution is 2.06. The largest absolute Gasteiger partial charge is 0.331 e. The number of nitrogens with one attached hydrogen (secondary N) is 1. The standard InChI is InChI=1S/C10H19N3O2S/c1-9-12-8-10(7-11-2)13(9)5-4-6-16(3,14)15/h8,11H,4-7H2,1-3H3. The van der Waals surface area contributed by atoms with Gasteiger partial charge in [-0.3, -0.25) is 0 Å². The SMILES string of the molecule is CNCc1cnc(C)n1CCCS(C)(=O)=O. The van der Waals surface area contributed by atoms with Crippen LogP contribution in [0.2, 0.25) is 0 Å². The average Bonchev–Trinajstić information content (AvgIpc) is 2.48. The summed E-state index contributed by atoms with van der Waals surface area (Å²) >= 11 is 0. The minimum absolute atomic E-state index is 0.226. The van der Waals surface area contributed by atoms with Crippen molar-refractivity contribution in [2.24, 2.45) is 0 Å². The molecule has 0 aromatic carbocycles. The fraction of sp³-hybridized carbons (Fsp3) is 0.700. The van der Waals surface area contributed by atoms with Gasteiger partial charge < -0.3 is 9.88 Å². The van der Waals surface area contributed by atoms with Crippen LogP contribution < -0.4 is 5.32 Å². The van der Waals surface area contributed by atoms with E-state index < -0.39 is 9.84 Å². The predicted octanol–water partition coefficient (Wildman–Crippen LogP) is 0.346. The minimum Gasteiger partial charge on any atom is -0.331 e. The van der Waals surface area contributed by atoms with Crippen LogP contribution in [0.15, 0.2) is 6.20 Å². The molecule has 0 saturated carbocycles. The molecule has 5 nitrogen and oxygen atoms in total. The molecule has 1 heterocycles. The molecule has 1 aromatic rings. The lowest BCUT2D eigenvalue weighted by Gasteiger charge is -2.09. The molecule has 0 amide bonds. The zero-order chi connectivity index (χ0) is 12.2. The smallest absolute Gasteiger partial charge is 0.147 e. The number of hydrogen-bond donors (Lipinski definition) is 1. The molecule has 6 heteroatoms. The fourth-order valence-corrected chi connectivity index (χ4v) is 2.28. The molecule has 0 radical (unpaired) electrons. The minimum atomic E-state index is -2.86. The van der Waals surface area contributed by atoms with E-state index in [4.69, 9.17) is 0 Å². The summed E-state index contributed by atoms with van der Waals surface area (Å²) in [6, 6.07) is 0. The molecule has 0 aliphatic rings. The van der Waals surface area contributed by atoms with Gasteiger partial charge in [-0.05, 0) is 20.4 Å². The molecule has 1 rings (SSSR count). The summed E-state index contributed by atoms with van der Waals surface area (Å²) in [5.74, 6) is 1.16. The van der Waals surface area contributed by atoms with Crippen molar-refractivity contribution in [2.75, 3.05) is 19.1 Å². The van der Waals surface area contributed by atoms with Crippen LogP contribution in [0.3, 0.4) is 0 Å². The normalized spacial score (nSPS) is 11.9. The molecular weight excluding hydrogens is 226 g/mol. The molecule has 0 saturated heterocycles. The highest BCUT2D eigenvalue weighted by Gasteiger charge is 2.07. The molecular formula is C10H19N3O2S. The van der Waals surface area contributed by atoms with Crippen molar-refractivity contribution >= 4 is 9.84 Å². The molecule has 0 unspecified atom stereocenters. The number of sulfone groups is 1. The second-order valence-electron chi connectivity index (χ2n) is 3.96. The van der Waals surface area contributed by atoms with Crippen molar-refractivity contribution < 1.29 is 8.42 Å². The van der Waals surface area contributed by atoms with E-state index in [1.807, 2.05) is 20.2 Å². The van der Waals surface area contributed by atoms with E-state index in [0.717, 1.165) is 18.1 Å². The first-order chi connectivity index (χ1) is 7.44.